The Balaban J connectivity index is 2.08. The fourth-order valence-corrected chi connectivity index (χ4v) is 2.23. The summed E-state index contributed by atoms with van der Waals surface area (Å²) in [5.74, 6) is 0.916. The number of rotatable bonds is 6. The first-order valence-electron chi connectivity index (χ1n) is 6.42. The number of ether oxygens (including phenoxy) is 2. The number of aromatic amines is 1. The molecule has 1 aromatic heterocycles. The lowest BCUT2D eigenvalue weighted by molar-refractivity contribution is -0.120. The molecule has 0 radical (unpaired) electrons. The average molecular weight is 263 g/mol. The number of H-pyrrole nitrogens is 1. The fraction of sp³-hybridized carbons (Fsp3) is 0.500. The SMILES string of the molecule is COC(OC)C(C)NC(C)c1nc2ccccc2[nH]1. The van der Waals surface area contributed by atoms with Crippen molar-refractivity contribution in [2.24, 2.45) is 0 Å². The molecule has 104 valence electrons. The normalized spacial score (nSPS) is 15.0. The van der Waals surface area contributed by atoms with Gasteiger partial charge in [-0.25, -0.2) is 4.98 Å². The van der Waals surface area contributed by atoms with Crippen molar-refractivity contribution in [2.75, 3.05) is 14.2 Å². The van der Waals surface area contributed by atoms with E-state index in [1.165, 1.54) is 0 Å². The Morgan fingerprint density at radius 2 is 1.84 bits per heavy atom. The maximum Gasteiger partial charge on any atom is 0.171 e. The zero-order valence-corrected chi connectivity index (χ0v) is 11.8. The molecule has 2 aromatic rings. The molecule has 19 heavy (non-hydrogen) atoms. The number of fused-ring (bicyclic) bond motifs is 1. The second-order valence-corrected chi connectivity index (χ2v) is 4.66. The van der Waals surface area contributed by atoms with E-state index in [-0.39, 0.29) is 18.4 Å². The summed E-state index contributed by atoms with van der Waals surface area (Å²) in [5.41, 5.74) is 2.03. The smallest absolute Gasteiger partial charge is 0.171 e. The standard InChI is InChI=1S/C14H21N3O2/c1-9(15-10(2)14(18-3)19-4)13-16-11-7-5-6-8-12(11)17-13/h5-10,14-15H,1-4H3,(H,16,17). The molecule has 5 heteroatoms. The summed E-state index contributed by atoms with van der Waals surface area (Å²) in [7, 11) is 3.27. The zero-order valence-electron chi connectivity index (χ0n) is 11.8. The van der Waals surface area contributed by atoms with E-state index >= 15 is 0 Å². The van der Waals surface area contributed by atoms with Crippen molar-refractivity contribution in [1.29, 1.82) is 0 Å². The molecule has 0 aliphatic rings. The molecule has 0 aliphatic carbocycles. The second-order valence-electron chi connectivity index (χ2n) is 4.66. The van der Waals surface area contributed by atoms with Gasteiger partial charge in [0, 0.05) is 14.2 Å². The highest BCUT2D eigenvalue weighted by atomic mass is 16.7. The van der Waals surface area contributed by atoms with Crippen LogP contribution in [-0.2, 0) is 9.47 Å². The third-order valence-corrected chi connectivity index (χ3v) is 3.20. The molecular weight excluding hydrogens is 242 g/mol. The van der Waals surface area contributed by atoms with Gasteiger partial charge in [-0.15, -0.1) is 0 Å². The number of imidazole rings is 1. The topological polar surface area (TPSA) is 59.2 Å². The van der Waals surface area contributed by atoms with Gasteiger partial charge in [-0.3, -0.25) is 0 Å². The predicted molar refractivity (Wildman–Crippen MR) is 74.9 cm³/mol. The summed E-state index contributed by atoms with van der Waals surface area (Å²) >= 11 is 0. The van der Waals surface area contributed by atoms with E-state index < -0.39 is 0 Å². The van der Waals surface area contributed by atoms with Gasteiger partial charge in [0.05, 0.1) is 23.1 Å². The van der Waals surface area contributed by atoms with Crippen molar-refractivity contribution in [2.45, 2.75) is 32.2 Å². The van der Waals surface area contributed by atoms with Crippen LogP contribution in [0.15, 0.2) is 24.3 Å². The van der Waals surface area contributed by atoms with E-state index in [1.807, 2.05) is 31.2 Å². The Morgan fingerprint density at radius 1 is 1.16 bits per heavy atom. The monoisotopic (exact) mass is 263 g/mol. The van der Waals surface area contributed by atoms with Gasteiger partial charge in [-0.2, -0.15) is 0 Å². The van der Waals surface area contributed by atoms with E-state index in [0.29, 0.717) is 0 Å². The predicted octanol–water partition coefficient (Wildman–Crippen LogP) is 2.22. The number of aromatic nitrogens is 2. The molecule has 0 amide bonds. The lowest BCUT2D eigenvalue weighted by Crippen LogP contribution is -2.41. The van der Waals surface area contributed by atoms with E-state index in [2.05, 4.69) is 22.2 Å². The summed E-state index contributed by atoms with van der Waals surface area (Å²) in [5, 5.41) is 3.42. The molecule has 0 spiro atoms. The van der Waals surface area contributed by atoms with Gasteiger partial charge in [-0.1, -0.05) is 12.1 Å². The number of hydrogen-bond acceptors (Lipinski definition) is 4. The van der Waals surface area contributed by atoms with Crippen LogP contribution in [0.5, 0.6) is 0 Å². The lowest BCUT2D eigenvalue weighted by Gasteiger charge is -2.24. The maximum atomic E-state index is 5.24. The highest BCUT2D eigenvalue weighted by Gasteiger charge is 2.19. The summed E-state index contributed by atoms with van der Waals surface area (Å²) in [4.78, 5) is 7.90. The van der Waals surface area contributed by atoms with Crippen LogP contribution in [-0.4, -0.2) is 36.5 Å². The molecule has 0 saturated heterocycles. The van der Waals surface area contributed by atoms with Crippen LogP contribution in [0.1, 0.15) is 25.7 Å². The van der Waals surface area contributed by atoms with Gasteiger partial charge in [0.25, 0.3) is 0 Å². The Morgan fingerprint density at radius 3 is 2.47 bits per heavy atom. The van der Waals surface area contributed by atoms with Crippen molar-refractivity contribution in [3.8, 4) is 0 Å². The molecule has 2 unspecified atom stereocenters. The summed E-state index contributed by atoms with van der Waals surface area (Å²) in [6, 6.07) is 8.16. The van der Waals surface area contributed by atoms with Crippen LogP contribution in [0, 0.1) is 0 Å². The molecule has 2 rings (SSSR count). The molecule has 2 N–H and O–H groups in total. The number of benzene rings is 1. The van der Waals surface area contributed by atoms with Crippen LogP contribution in [0.3, 0.4) is 0 Å². The third kappa shape index (κ3) is 3.12. The number of nitrogens with one attached hydrogen (secondary N) is 2. The molecule has 1 heterocycles. The van der Waals surface area contributed by atoms with E-state index in [1.54, 1.807) is 14.2 Å². The molecule has 0 saturated carbocycles. The van der Waals surface area contributed by atoms with Crippen LogP contribution < -0.4 is 5.32 Å². The van der Waals surface area contributed by atoms with Crippen molar-refractivity contribution in [3.05, 3.63) is 30.1 Å². The van der Waals surface area contributed by atoms with E-state index in [9.17, 15) is 0 Å². The molecule has 1 aromatic carbocycles. The average Bonchev–Trinajstić information content (AvgIpc) is 2.84. The minimum Gasteiger partial charge on any atom is -0.354 e. The highest BCUT2D eigenvalue weighted by Crippen LogP contribution is 2.16. The van der Waals surface area contributed by atoms with Crippen molar-refractivity contribution >= 4 is 11.0 Å². The molecule has 0 fully saturated rings. The Bertz CT molecular complexity index is 489. The van der Waals surface area contributed by atoms with Gasteiger partial charge in [-0.05, 0) is 26.0 Å². The van der Waals surface area contributed by atoms with Gasteiger partial charge in [0.1, 0.15) is 5.82 Å². The van der Waals surface area contributed by atoms with Crippen molar-refractivity contribution in [1.82, 2.24) is 15.3 Å². The van der Waals surface area contributed by atoms with Crippen molar-refractivity contribution in [3.63, 3.8) is 0 Å². The Hall–Kier alpha value is -1.43. The molecule has 0 aliphatic heterocycles. The Kier molecular flexibility index (Phi) is 4.52. The van der Waals surface area contributed by atoms with E-state index in [4.69, 9.17) is 9.47 Å². The summed E-state index contributed by atoms with van der Waals surface area (Å²) in [6.07, 6.45) is -0.271. The van der Waals surface area contributed by atoms with Crippen LogP contribution in [0.4, 0.5) is 0 Å². The van der Waals surface area contributed by atoms with E-state index in [0.717, 1.165) is 16.9 Å². The van der Waals surface area contributed by atoms with Crippen LogP contribution in [0.2, 0.25) is 0 Å². The molecule has 2 atom stereocenters. The van der Waals surface area contributed by atoms with Gasteiger partial charge >= 0.3 is 0 Å². The van der Waals surface area contributed by atoms with Gasteiger partial charge < -0.3 is 19.8 Å². The number of nitrogens with zero attached hydrogens (tertiary/aromatic N) is 1. The second kappa shape index (κ2) is 6.14. The Labute approximate surface area is 113 Å². The first-order chi connectivity index (χ1) is 9.15. The third-order valence-electron chi connectivity index (χ3n) is 3.20. The zero-order chi connectivity index (χ0) is 13.8. The minimum absolute atomic E-state index is 0.0678. The lowest BCUT2D eigenvalue weighted by atomic mass is 10.2. The van der Waals surface area contributed by atoms with Crippen LogP contribution in [0.25, 0.3) is 11.0 Å². The first kappa shape index (κ1) is 14.0. The quantitative estimate of drug-likeness (QED) is 0.785. The summed E-state index contributed by atoms with van der Waals surface area (Å²) in [6.45, 7) is 4.09. The largest absolute Gasteiger partial charge is 0.354 e. The molecule has 0 bridgehead atoms. The highest BCUT2D eigenvalue weighted by molar-refractivity contribution is 5.74. The number of methoxy groups -OCH3 is 2. The van der Waals surface area contributed by atoms with Crippen LogP contribution >= 0.6 is 0 Å². The minimum atomic E-state index is -0.271. The molecule has 5 nitrogen and oxygen atoms in total. The number of hydrogen-bond donors (Lipinski definition) is 2. The van der Waals surface area contributed by atoms with Gasteiger partial charge in [0.15, 0.2) is 6.29 Å². The first-order valence-corrected chi connectivity index (χ1v) is 6.42. The van der Waals surface area contributed by atoms with Gasteiger partial charge in [0.2, 0.25) is 0 Å². The maximum absolute atomic E-state index is 5.24. The number of para-hydroxylation sites is 2. The van der Waals surface area contributed by atoms with Crippen molar-refractivity contribution < 1.29 is 9.47 Å². The fourth-order valence-electron chi connectivity index (χ4n) is 2.23. The molecular formula is C14H21N3O2. The summed E-state index contributed by atoms with van der Waals surface area (Å²) < 4.78 is 10.5.